The number of hydrogen-bond acceptors (Lipinski definition) is 4. The van der Waals surface area contributed by atoms with E-state index in [4.69, 9.17) is 4.42 Å². The number of Topliss-reactive ketones (excluding diaryl/α,β-unsaturated/α-hetero) is 1. The van der Waals surface area contributed by atoms with E-state index in [9.17, 15) is 13.2 Å². The van der Waals surface area contributed by atoms with E-state index in [1.54, 1.807) is 60.7 Å². The van der Waals surface area contributed by atoms with E-state index in [0.29, 0.717) is 5.56 Å². The number of furan rings is 1. The monoisotopic (exact) mass is 354 g/mol. The minimum absolute atomic E-state index is 0.173. The summed E-state index contributed by atoms with van der Waals surface area (Å²) in [6.45, 7) is 1.89. The van der Waals surface area contributed by atoms with E-state index in [1.165, 1.54) is 6.26 Å². The summed E-state index contributed by atoms with van der Waals surface area (Å²) >= 11 is 0. The van der Waals surface area contributed by atoms with Gasteiger partial charge >= 0.3 is 0 Å². The Kier molecular flexibility index (Phi) is 4.86. The van der Waals surface area contributed by atoms with Crippen LogP contribution in [0, 0.1) is 6.92 Å². The number of carbonyl (C=O) groups excluding carboxylic acids is 1. The van der Waals surface area contributed by atoms with E-state index in [1.807, 2.05) is 13.0 Å². The first-order valence-corrected chi connectivity index (χ1v) is 9.45. The molecule has 3 rings (SSSR count). The van der Waals surface area contributed by atoms with Gasteiger partial charge in [0.15, 0.2) is 15.6 Å². The average Bonchev–Trinajstić information content (AvgIpc) is 3.14. The van der Waals surface area contributed by atoms with Crippen LogP contribution < -0.4 is 0 Å². The molecule has 0 bridgehead atoms. The Labute approximate surface area is 147 Å². The highest BCUT2D eigenvalue weighted by Gasteiger charge is 2.33. The molecule has 128 valence electrons. The van der Waals surface area contributed by atoms with Gasteiger partial charge in [0, 0.05) is 12.0 Å². The number of carbonyl (C=O) groups is 1. The summed E-state index contributed by atoms with van der Waals surface area (Å²) in [6, 6.07) is 18.5. The molecule has 0 N–H and O–H groups in total. The molecule has 0 saturated carbocycles. The SMILES string of the molecule is Cc1ccc(S(=O)(=O)[C@@H](CC(=O)c2ccccc2)c2ccco2)cc1. The lowest BCUT2D eigenvalue weighted by molar-refractivity contribution is 0.0978. The van der Waals surface area contributed by atoms with Crippen molar-refractivity contribution in [3.05, 3.63) is 89.9 Å². The quantitative estimate of drug-likeness (QED) is 0.616. The summed E-state index contributed by atoms with van der Waals surface area (Å²) in [7, 11) is -3.76. The third-order valence-electron chi connectivity index (χ3n) is 4.05. The second-order valence-corrected chi connectivity index (χ2v) is 7.99. The zero-order chi connectivity index (χ0) is 17.9. The molecule has 0 aliphatic heterocycles. The van der Waals surface area contributed by atoms with Crippen molar-refractivity contribution in [3.8, 4) is 0 Å². The van der Waals surface area contributed by atoms with Gasteiger partial charge in [-0.15, -0.1) is 0 Å². The topological polar surface area (TPSA) is 64.3 Å². The largest absolute Gasteiger partial charge is 0.468 e. The lowest BCUT2D eigenvalue weighted by Gasteiger charge is -2.15. The number of hydrogen-bond donors (Lipinski definition) is 0. The summed E-state index contributed by atoms with van der Waals surface area (Å²) in [5.41, 5.74) is 1.45. The molecule has 25 heavy (non-hydrogen) atoms. The van der Waals surface area contributed by atoms with E-state index in [0.717, 1.165) is 5.56 Å². The molecule has 0 unspecified atom stereocenters. The van der Waals surface area contributed by atoms with Gasteiger partial charge in [-0.2, -0.15) is 0 Å². The van der Waals surface area contributed by atoms with Crippen LogP contribution in [0.4, 0.5) is 0 Å². The second-order valence-electron chi connectivity index (χ2n) is 5.86. The molecule has 1 heterocycles. The van der Waals surface area contributed by atoms with Crippen molar-refractivity contribution in [3.63, 3.8) is 0 Å². The number of aryl methyl sites for hydroxylation is 1. The van der Waals surface area contributed by atoms with Gasteiger partial charge in [-0.25, -0.2) is 8.42 Å². The fraction of sp³-hybridized carbons (Fsp3) is 0.150. The van der Waals surface area contributed by atoms with E-state index < -0.39 is 15.1 Å². The molecule has 0 fully saturated rings. The molecular weight excluding hydrogens is 336 g/mol. The summed E-state index contributed by atoms with van der Waals surface area (Å²) in [5, 5.41) is -1.06. The summed E-state index contributed by atoms with van der Waals surface area (Å²) < 4.78 is 31.5. The third kappa shape index (κ3) is 3.72. The Morgan fingerprint density at radius 1 is 0.960 bits per heavy atom. The summed E-state index contributed by atoms with van der Waals surface area (Å²) in [4.78, 5) is 12.8. The Bertz CT molecular complexity index is 941. The Morgan fingerprint density at radius 2 is 1.64 bits per heavy atom. The van der Waals surface area contributed by atoms with E-state index in [-0.39, 0.29) is 22.9 Å². The summed E-state index contributed by atoms with van der Waals surface area (Å²) in [5.74, 6) is 0.0301. The molecule has 0 saturated heterocycles. The molecule has 1 atom stereocenters. The highest BCUT2D eigenvalue weighted by atomic mass is 32.2. The predicted octanol–water partition coefficient (Wildman–Crippen LogP) is 4.38. The van der Waals surface area contributed by atoms with Gasteiger partial charge in [0.25, 0.3) is 0 Å². The van der Waals surface area contributed by atoms with Gasteiger partial charge in [-0.05, 0) is 31.2 Å². The van der Waals surface area contributed by atoms with Crippen molar-refractivity contribution in [1.29, 1.82) is 0 Å². The van der Waals surface area contributed by atoms with Crippen LogP contribution in [0.3, 0.4) is 0 Å². The molecule has 0 radical (unpaired) electrons. The van der Waals surface area contributed by atoms with E-state index in [2.05, 4.69) is 0 Å². The molecule has 0 aliphatic carbocycles. The molecule has 1 aromatic heterocycles. The Morgan fingerprint density at radius 3 is 2.24 bits per heavy atom. The smallest absolute Gasteiger partial charge is 0.188 e. The van der Waals surface area contributed by atoms with Crippen molar-refractivity contribution in [2.24, 2.45) is 0 Å². The molecule has 0 amide bonds. The normalized spacial score (nSPS) is 12.7. The summed E-state index contributed by atoms with van der Waals surface area (Å²) in [6.07, 6.45) is 1.24. The number of sulfone groups is 1. The van der Waals surface area contributed by atoms with Crippen LogP contribution in [0.1, 0.15) is 33.4 Å². The van der Waals surface area contributed by atoms with Crippen molar-refractivity contribution >= 4 is 15.6 Å². The van der Waals surface area contributed by atoms with Crippen LogP contribution >= 0.6 is 0 Å². The van der Waals surface area contributed by atoms with Crippen LogP contribution in [0.5, 0.6) is 0 Å². The standard InChI is InChI=1S/C20H18O4S/c1-15-9-11-17(12-10-15)25(22,23)20(19-8-5-13-24-19)14-18(21)16-6-3-2-4-7-16/h2-13,20H,14H2,1H3/t20-/m0/s1. The first kappa shape index (κ1) is 17.2. The minimum Gasteiger partial charge on any atom is -0.468 e. The number of ketones is 1. The highest BCUT2D eigenvalue weighted by Crippen LogP contribution is 2.33. The van der Waals surface area contributed by atoms with Crippen molar-refractivity contribution in [2.45, 2.75) is 23.5 Å². The van der Waals surface area contributed by atoms with Crippen LogP contribution in [0.25, 0.3) is 0 Å². The van der Waals surface area contributed by atoms with Gasteiger partial charge in [0.05, 0.1) is 11.2 Å². The zero-order valence-electron chi connectivity index (χ0n) is 13.8. The zero-order valence-corrected chi connectivity index (χ0v) is 14.6. The van der Waals surface area contributed by atoms with Gasteiger partial charge in [-0.1, -0.05) is 48.0 Å². The third-order valence-corrected chi connectivity index (χ3v) is 6.13. The van der Waals surface area contributed by atoms with Crippen molar-refractivity contribution in [2.75, 3.05) is 0 Å². The Balaban J connectivity index is 1.98. The fourth-order valence-electron chi connectivity index (χ4n) is 2.64. The lowest BCUT2D eigenvalue weighted by atomic mass is 10.1. The fourth-order valence-corrected chi connectivity index (χ4v) is 4.29. The maximum absolute atomic E-state index is 13.1. The van der Waals surface area contributed by atoms with Crippen molar-refractivity contribution in [1.82, 2.24) is 0 Å². The molecule has 2 aromatic carbocycles. The van der Waals surface area contributed by atoms with Crippen LogP contribution in [-0.2, 0) is 9.84 Å². The molecule has 0 aliphatic rings. The second kappa shape index (κ2) is 7.07. The molecule has 0 spiro atoms. The Hall–Kier alpha value is -2.66. The van der Waals surface area contributed by atoms with Gasteiger partial charge in [-0.3, -0.25) is 4.79 Å². The maximum atomic E-state index is 13.1. The molecule has 3 aromatic rings. The van der Waals surface area contributed by atoms with Gasteiger partial charge in [0.1, 0.15) is 11.0 Å². The van der Waals surface area contributed by atoms with Gasteiger partial charge in [0.2, 0.25) is 0 Å². The molecule has 4 nitrogen and oxygen atoms in total. The first-order chi connectivity index (χ1) is 12.0. The predicted molar refractivity (Wildman–Crippen MR) is 95.2 cm³/mol. The van der Waals surface area contributed by atoms with Crippen LogP contribution in [0.2, 0.25) is 0 Å². The molecule has 5 heteroatoms. The highest BCUT2D eigenvalue weighted by molar-refractivity contribution is 7.91. The molecular formula is C20H18O4S. The number of benzene rings is 2. The first-order valence-electron chi connectivity index (χ1n) is 7.90. The van der Waals surface area contributed by atoms with Gasteiger partial charge < -0.3 is 4.42 Å². The average molecular weight is 354 g/mol. The lowest BCUT2D eigenvalue weighted by Crippen LogP contribution is -2.17. The number of rotatable bonds is 6. The minimum atomic E-state index is -3.76. The van der Waals surface area contributed by atoms with Crippen LogP contribution in [-0.4, -0.2) is 14.2 Å². The maximum Gasteiger partial charge on any atom is 0.188 e. The van der Waals surface area contributed by atoms with E-state index >= 15 is 0 Å². The van der Waals surface area contributed by atoms with Crippen molar-refractivity contribution < 1.29 is 17.6 Å². The van der Waals surface area contributed by atoms with Crippen LogP contribution in [0.15, 0.2) is 82.3 Å².